The lowest BCUT2D eigenvalue weighted by Crippen LogP contribution is -2.35. The molecule has 7 heteroatoms. The summed E-state index contributed by atoms with van der Waals surface area (Å²) in [4.78, 5) is 0.602. The van der Waals surface area contributed by atoms with E-state index in [0.29, 0.717) is 4.90 Å². The second-order valence-corrected chi connectivity index (χ2v) is 3.74. The topological polar surface area (TPSA) is 29.3 Å². The first-order valence-corrected chi connectivity index (χ1v) is 5.28. The van der Waals surface area contributed by atoms with Crippen molar-refractivity contribution in [2.45, 2.75) is 19.6 Å². The van der Waals surface area contributed by atoms with Crippen LogP contribution in [0.4, 0.5) is 27.6 Å². The summed E-state index contributed by atoms with van der Waals surface area (Å²) in [7, 11) is 0. The molecule has 0 heterocycles. The molecule has 0 saturated heterocycles. The number of hydrogen-bond donors (Lipinski definition) is 1. The van der Waals surface area contributed by atoms with Gasteiger partial charge in [0.1, 0.15) is 23.9 Å². The van der Waals surface area contributed by atoms with Gasteiger partial charge in [0.25, 0.3) is 0 Å². The van der Waals surface area contributed by atoms with Crippen molar-refractivity contribution in [1.29, 1.82) is 0 Å². The average Bonchev–Trinajstić information content (AvgIpc) is 2.24. The Morgan fingerprint density at radius 1 is 1.17 bits per heavy atom. The number of anilines is 1. The minimum atomic E-state index is -4.53. The van der Waals surface area contributed by atoms with Gasteiger partial charge in [-0.05, 0) is 24.6 Å². The normalized spacial score (nSPS) is 11.7. The molecule has 18 heavy (non-hydrogen) atoms. The molecule has 0 unspecified atom stereocenters. The summed E-state index contributed by atoms with van der Waals surface area (Å²) < 4.78 is 64.1. The maximum atomic E-state index is 13.6. The van der Waals surface area contributed by atoms with Crippen LogP contribution in [0.1, 0.15) is 12.5 Å². The number of benzene rings is 1. The van der Waals surface area contributed by atoms with Gasteiger partial charge in [0.15, 0.2) is 0 Å². The molecule has 0 fully saturated rings. The molecule has 0 atom stereocenters. The van der Waals surface area contributed by atoms with Crippen molar-refractivity contribution >= 4 is 5.69 Å². The molecule has 0 aliphatic carbocycles. The van der Waals surface area contributed by atoms with Crippen molar-refractivity contribution in [2.24, 2.45) is 5.73 Å². The minimum Gasteiger partial charge on any atom is -0.358 e. The van der Waals surface area contributed by atoms with E-state index in [2.05, 4.69) is 0 Å². The second-order valence-electron chi connectivity index (χ2n) is 3.74. The highest BCUT2D eigenvalue weighted by Gasteiger charge is 2.32. The summed E-state index contributed by atoms with van der Waals surface area (Å²) in [5.74, 6) is -2.08. The zero-order valence-corrected chi connectivity index (χ0v) is 9.69. The Morgan fingerprint density at radius 2 is 1.67 bits per heavy atom. The maximum absolute atomic E-state index is 13.6. The molecule has 0 bridgehead atoms. The van der Waals surface area contributed by atoms with Crippen LogP contribution in [0.15, 0.2) is 12.1 Å². The molecule has 1 aromatic carbocycles. The van der Waals surface area contributed by atoms with Gasteiger partial charge >= 0.3 is 6.18 Å². The third-order valence-corrected chi connectivity index (χ3v) is 2.38. The molecule has 102 valence electrons. The Bertz CT molecular complexity index is 393. The Hall–Kier alpha value is -1.37. The van der Waals surface area contributed by atoms with Gasteiger partial charge in [0, 0.05) is 13.1 Å². The highest BCUT2D eigenvalue weighted by molar-refractivity contribution is 5.50. The van der Waals surface area contributed by atoms with Gasteiger partial charge in [-0.1, -0.05) is 0 Å². The molecule has 1 aromatic rings. The summed E-state index contributed by atoms with van der Waals surface area (Å²) in [6, 6.07) is 1.88. The molecule has 0 aromatic heterocycles. The molecule has 2 N–H and O–H groups in total. The maximum Gasteiger partial charge on any atom is 0.405 e. The number of nitrogens with two attached hydrogens (primary N) is 1. The molecule has 0 amide bonds. The van der Waals surface area contributed by atoms with Gasteiger partial charge in [-0.2, -0.15) is 13.2 Å². The third-order valence-electron chi connectivity index (χ3n) is 2.38. The second kappa shape index (κ2) is 5.51. The summed E-state index contributed by atoms with van der Waals surface area (Å²) in [6.45, 7) is -0.254. The Labute approximate surface area is 101 Å². The van der Waals surface area contributed by atoms with Crippen LogP contribution in [0, 0.1) is 11.6 Å². The molecule has 0 aliphatic heterocycles. The summed E-state index contributed by atoms with van der Waals surface area (Å²) in [6.07, 6.45) is -4.53. The molecule has 0 radical (unpaired) electrons. The number of halogens is 5. The monoisotopic (exact) mass is 268 g/mol. The Kier molecular flexibility index (Phi) is 4.50. The van der Waals surface area contributed by atoms with Gasteiger partial charge in [-0.25, -0.2) is 8.78 Å². The van der Waals surface area contributed by atoms with Crippen LogP contribution in [-0.4, -0.2) is 19.3 Å². The minimum absolute atomic E-state index is 0.0838. The molecule has 0 aliphatic rings. The lowest BCUT2D eigenvalue weighted by Gasteiger charge is -2.25. The van der Waals surface area contributed by atoms with Gasteiger partial charge < -0.3 is 10.6 Å². The Morgan fingerprint density at radius 3 is 2.00 bits per heavy atom. The fourth-order valence-corrected chi connectivity index (χ4v) is 1.60. The fraction of sp³-hybridized carbons (Fsp3) is 0.455. The highest BCUT2D eigenvalue weighted by Crippen LogP contribution is 2.28. The van der Waals surface area contributed by atoms with E-state index in [-0.39, 0.29) is 18.7 Å². The van der Waals surface area contributed by atoms with E-state index in [9.17, 15) is 22.0 Å². The van der Waals surface area contributed by atoms with Crippen molar-refractivity contribution in [2.75, 3.05) is 18.0 Å². The lowest BCUT2D eigenvalue weighted by molar-refractivity contribution is -0.119. The van der Waals surface area contributed by atoms with E-state index in [1.807, 2.05) is 0 Å². The van der Waals surface area contributed by atoms with Crippen molar-refractivity contribution < 1.29 is 22.0 Å². The lowest BCUT2D eigenvalue weighted by atomic mass is 10.1. The van der Waals surface area contributed by atoms with Crippen LogP contribution in [0.3, 0.4) is 0 Å². The molecule has 0 saturated carbocycles. The van der Waals surface area contributed by atoms with Crippen LogP contribution >= 0.6 is 0 Å². The summed E-state index contributed by atoms with van der Waals surface area (Å²) >= 11 is 0. The van der Waals surface area contributed by atoms with E-state index in [0.717, 1.165) is 12.1 Å². The number of alkyl halides is 3. The molecule has 2 nitrogen and oxygen atoms in total. The van der Waals surface area contributed by atoms with Gasteiger partial charge in [0.05, 0.1) is 0 Å². The van der Waals surface area contributed by atoms with Crippen molar-refractivity contribution in [1.82, 2.24) is 0 Å². The van der Waals surface area contributed by atoms with E-state index in [1.54, 1.807) is 0 Å². The van der Waals surface area contributed by atoms with Crippen LogP contribution < -0.4 is 10.6 Å². The van der Waals surface area contributed by atoms with Crippen molar-refractivity contribution in [3.63, 3.8) is 0 Å². The average molecular weight is 268 g/mol. The smallest absolute Gasteiger partial charge is 0.358 e. The quantitative estimate of drug-likeness (QED) is 0.851. The SMILES string of the molecule is CCN(CC(F)(F)F)c1c(F)cc(CN)cc1F. The van der Waals surface area contributed by atoms with Crippen LogP contribution in [0.25, 0.3) is 0 Å². The molecule has 1 rings (SSSR count). The predicted molar refractivity (Wildman–Crippen MR) is 58.2 cm³/mol. The van der Waals surface area contributed by atoms with E-state index >= 15 is 0 Å². The third kappa shape index (κ3) is 3.56. The van der Waals surface area contributed by atoms with E-state index in [4.69, 9.17) is 5.73 Å². The van der Waals surface area contributed by atoms with Crippen LogP contribution in [0.2, 0.25) is 0 Å². The van der Waals surface area contributed by atoms with Crippen LogP contribution in [0.5, 0.6) is 0 Å². The zero-order chi connectivity index (χ0) is 13.9. The molecular weight excluding hydrogens is 255 g/mol. The van der Waals surface area contributed by atoms with Crippen molar-refractivity contribution in [3.05, 3.63) is 29.3 Å². The fourth-order valence-electron chi connectivity index (χ4n) is 1.60. The zero-order valence-electron chi connectivity index (χ0n) is 9.69. The highest BCUT2D eigenvalue weighted by atomic mass is 19.4. The standard InChI is InChI=1S/C11H13F5N2/c1-2-18(6-11(14,15)16)10-8(12)3-7(5-17)4-9(10)13/h3-4H,2,5-6,17H2,1H3. The van der Waals surface area contributed by atoms with Crippen LogP contribution in [-0.2, 0) is 6.54 Å². The summed E-state index contributed by atoms with van der Waals surface area (Å²) in [5, 5.41) is 0. The first kappa shape index (κ1) is 14.7. The van der Waals surface area contributed by atoms with Crippen molar-refractivity contribution in [3.8, 4) is 0 Å². The first-order valence-electron chi connectivity index (χ1n) is 5.28. The first-order chi connectivity index (χ1) is 8.28. The summed E-state index contributed by atoms with van der Waals surface area (Å²) in [5.41, 5.74) is 4.74. The molecular formula is C11H13F5N2. The number of nitrogens with zero attached hydrogens (tertiary/aromatic N) is 1. The van der Waals surface area contributed by atoms with Gasteiger partial charge in [0.2, 0.25) is 0 Å². The largest absolute Gasteiger partial charge is 0.405 e. The number of rotatable bonds is 4. The number of hydrogen-bond acceptors (Lipinski definition) is 2. The molecule has 0 spiro atoms. The van der Waals surface area contributed by atoms with Gasteiger partial charge in [-0.15, -0.1) is 0 Å². The predicted octanol–water partition coefficient (Wildman–Crippen LogP) is 2.81. The Balaban J connectivity index is 3.14. The van der Waals surface area contributed by atoms with Gasteiger partial charge in [-0.3, -0.25) is 0 Å². The van der Waals surface area contributed by atoms with E-state index < -0.39 is 30.0 Å². The van der Waals surface area contributed by atoms with E-state index in [1.165, 1.54) is 6.92 Å².